The van der Waals surface area contributed by atoms with E-state index in [2.05, 4.69) is 5.32 Å². The maximum absolute atomic E-state index is 13.0. The van der Waals surface area contributed by atoms with Gasteiger partial charge in [-0.15, -0.1) is 0 Å². The monoisotopic (exact) mass is 433 g/mol. The van der Waals surface area contributed by atoms with E-state index in [1.54, 1.807) is 6.92 Å². The molecule has 0 saturated heterocycles. The molecule has 0 aromatic heterocycles. The summed E-state index contributed by atoms with van der Waals surface area (Å²) >= 11 is 0. The van der Waals surface area contributed by atoms with Crippen LogP contribution in [-0.2, 0) is 14.8 Å². The zero-order valence-electron chi connectivity index (χ0n) is 17.7. The normalized spacial score (nSPS) is 13.4. The molecule has 0 heterocycles. The second-order valence-corrected chi connectivity index (χ2v) is 9.20. The highest BCUT2D eigenvalue weighted by Gasteiger charge is 2.32. The quantitative estimate of drug-likeness (QED) is 0.505. The number of hydrogen-bond donors (Lipinski definition) is 1. The van der Waals surface area contributed by atoms with Crippen LogP contribution in [0.3, 0.4) is 0 Å². The summed E-state index contributed by atoms with van der Waals surface area (Å²) in [6.07, 6.45) is 1.60. The Morgan fingerprint density at radius 1 is 1.17 bits per heavy atom. The molecule has 2 rings (SSSR count). The molecule has 2 aromatic carbocycles. The molecule has 0 bridgehead atoms. The van der Waals surface area contributed by atoms with E-state index in [4.69, 9.17) is 0 Å². The minimum Gasteiger partial charge on any atom is -0.347 e. The van der Waals surface area contributed by atoms with Gasteiger partial charge in [0.05, 0.1) is 22.9 Å². The molecule has 162 valence electrons. The maximum atomic E-state index is 13.0. The first kappa shape index (κ1) is 23.3. The first-order chi connectivity index (χ1) is 14.0. The van der Waals surface area contributed by atoms with Gasteiger partial charge in [0, 0.05) is 12.1 Å². The van der Waals surface area contributed by atoms with Crippen molar-refractivity contribution in [3.05, 3.63) is 69.3 Å². The number of nitrogens with one attached hydrogen (secondary N) is 1. The zero-order chi connectivity index (χ0) is 22.6. The maximum Gasteiger partial charge on any atom is 0.271 e. The molecule has 0 spiro atoms. The molecule has 2 atom stereocenters. The molecular weight excluding hydrogens is 406 g/mol. The van der Waals surface area contributed by atoms with Crippen molar-refractivity contribution in [3.63, 3.8) is 0 Å². The summed E-state index contributed by atoms with van der Waals surface area (Å²) in [6, 6.07) is 10.3. The van der Waals surface area contributed by atoms with Crippen LogP contribution in [0.2, 0.25) is 0 Å². The molecule has 0 fully saturated rings. The molecule has 9 heteroatoms. The van der Waals surface area contributed by atoms with Crippen molar-refractivity contribution in [2.45, 2.75) is 46.2 Å². The van der Waals surface area contributed by atoms with Crippen LogP contribution in [0.25, 0.3) is 0 Å². The molecule has 8 nitrogen and oxygen atoms in total. The van der Waals surface area contributed by atoms with Crippen LogP contribution in [0.4, 0.5) is 11.4 Å². The van der Waals surface area contributed by atoms with Crippen LogP contribution >= 0.6 is 0 Å². The highest BCUT2D eigenvalue weighted by atomic mass is 32.2. The molecule has 0 aliphatic carbocycles. The van der Waals surface area contributed by atoms with E-state index < -0.39 is 26.9 Å². The van der Waals surface area contributed by atoms with Gasteiger partial charge in [-0.05, 0) is 38.3 Å². The highest BCUT2D eigenvalue weighted by Crippen LogP contribution is 2.29. The smallest absolute Gasteiger partial charge is 0.271 e. The summed E-state index contributed by atoms with van der Waals surface area (Å²) in [5, 5.41) is 14.1. The van der Waals surface area contributed by atoms with Gasteiger partial charge in [-0.25, -0.2) is 8.42 Å². The number of nitro groups is 1. The summed E-state index contributed by atoms with van der Waals surface area (Å²) < 4.78 is 26.0. The lowest BCUT2D eigenvalue weighted by molar-refractivity contribution is -0.384. The van der Waals surface area contributed by atoms with Crippen LogP contribution in [0.15, 0.2) is 42.5 Å². The third-order valence-electron chi connectivity index (χ3n) is 4.93. The van der Waals surface area contributed by atoms with Gasteiger partial charge in [-0.3, -0.25) is 19.2 Å². The van der Waals surface area contributed by atoms with Gasteiger partial charge in [-0.1, -0.05) is 42.8 Å². The number of rotatable bonds is 8. The fourth-order valence-electron chi connectivity index (χ4n) is 3.24. The minimum absolute atomic E-state index is 0.109. The number of benzene rings is 2. The number of carbonyl (C=O) groups is 1. The first-order valence-corrected chi connectivity index (χ1v) is 11.4. The number of anilines is 1. The Labute approximate surface area is 177 Å². The van der Waals surface area contributed by atoms with Crippen molar-refractivity contribution in [1.82, 2.24) is 5.32 Å². The molecule has 0 saturated carbocycles. The molecule has 0 aliphatic heterocycles. The van der Waals surface area contributed by atoms with Crippen LogP contribution in [0.5, 0.6) is 0 Å². The number of nitrogens with zero attached hydrogens (tertiary/aromatic N) is 2. The predicted molar refractivity (Wildman–Crippen MR) is 117 cm³/mol. The number of aryl methyl sites for hydroxylation is 2. The Morgan fingerprint density at radius 3 is 2.27 bits per heavy atom. The van der Waals surface area contributed by atoms with Crippen molar-refractivity contribution in [1.29, 1.82) is 0 Å². The molecule has 1 amide bonds. The average molecular weight is 434 g/mol. The Hall–Kier alpha value is -2.94. The number of hydrogen-bond acceptors (Lipinski definition) is 5. The van der Waals surface area contributed by atoms with E-state index in [-0.39, 0.29) is 17.4 Å². The lowest BCUT2D eigenvalue weighted by Crippen LogP contribution is -2.48. The van der Waals surface area contributed by atoms with E-state index in [9.17, 15) is 23.3 Å². The molecule has 1 N–H and O–H groups in total. The number of nitro benzene ring substituents is 1. The molecule has 0 aliphatic rings. The predicted octanol–water partition coefficient (Wildman–Crippen LogP) is 3.63. The van der Waals surface area contributed by atoms with Gasteiger partial charge >= 0.3 is 0 Å². The zero-order valence-corrected chi connectivity index (χ0v) is 18.6. The Balaban J connectivity index is 2.39. The molecular formula is C21H27N3O5S. The van der Waals surface area contributed by atoms with E-state index >= 15 is 0 Å². The summed E-state index contributed by atoms with van der Waals surface area (Å²) in [5.41, 5.74) is 2.38. The van der Waals surface area contributed by atoms with Gasteiger partial charge in [0.1, 0.15) is 6.04 Å². The Kier molecular flexibility index (Phi) is 7.20. The van der Waals surface area contributed by atoms with Gasteiger partial charge in [-0.2, -0.15) is 0 Å². The van der Waals surface area contributed by atoms with Crippen molar-refractivity contribution in [2.75, 3.05) is 10.6 Å². The SMILES string of the molecule is CC[C@@H](NC(=O)[C@H](C)N(c1cc([N+](=O)[O-])ccc1C)S(C)(=O)=O)c1ccc(C)cc1. The lowest BCUT2D eigenvalue weighted by atomic mass is 10.0. The topological polar surface area (TPSA) is 110 Å². The molecule has 30 heavy (non-hydrogen) atoms. The third-order valence-corrected chi connectivity index (χ3v) is 6.16. The van der Waals surface area contributed by atoms with Crippen LogP contribution in [0, 0.1) is 24.0 Å². The number of non-ortho nitro benzene ring substituents is 1. The van der Waals surface area contributed by atoms with Gasteiger partial charge in [0.2, 0.25) is 15.9 Å². The van der Waals surface area contributed by atoms with Crippen molar-refractivity contribution in [2.24, 2.45) is 0 Å². The van der Waals surface area contributed by atoms with E-state index in [0.717, 1.165) is 21.7 Å². The molecule has 2 aromatic rings. The van der Waals surface area contributed by atoms with Gasteiger partial charge in [0.15, 0.2) is 0 Å². The lowest BCUT2D eigenvalue weighted by Gasteiger charge is -2.30. The number of carbonyl (C=O) groups excluding carboxylic acids is 1. The highest BCUT2D eigenvalue weighted by molar-refractivity contribution is 7.92. The Morgan fingerprint density at radius 2 is 1.77 bits per heavy atom. The second-order valence-electron chi connectivity index (χ2n) is 7.34. The molecule has 0 unspecified atom stereocenters. The summed E-state index contributed by atoms with van der Waals surface area (Å²) in [6.45, 7) is 7.00. The van der Waals surface area contributed by atoms with Crippen LogP contribution in [0.1, 0.15) is 43.0 Å². The van der Waals surface area contributed by atoms with Crippen molar-refractivity contribution in [3.8, 4) is 0 Å². The summed E-state index contributed by atoms with van der Waals surface area (Å²) in [7, 11) is -3.89. The van der Waals surface area contributed by atoms with E-state index in [1.165, 1.54) is 25.1 Å². The average Bonchev–Trinajstić information content (AvgIpc) is 2.67. The van der Waals surface area contributed by atoms with Gasteiger partial charge in [0.25, 0.3) is 5.69 Å². The van der Waals surface area contributed by atoms with Gasteiger partial charge < -0.3 is 5.32 Å². The van der Waals surface area contributed by atoms with Crippen LogP contribution in [-0.4, -0.2) is 31.5 Å². The molecule has 0 radical (unpaired) electrons. The third kappa shape index (κ3) is 5.35. The van der Waals surface area contributed by atoms with E-state index in [0.29, 0.717) is 12.0 Å². The van der Waals surface area contributed by atoms with Crippen molar-refractivity contribution < 1.29 is 18.1 Å². The minimum atomic E-state index is -3.89. The van der Waals surface area contributed by atoms with Crippen LogP contribution < -0.4 is 9.62 Å². The standard InChI is InChI=1S/C21H27N3O5S/c1-6-19(17-10-7-14(2)8-11-17)22-21(25)16(4)23(30(5,28)29)20-13-18(24(26)27)12-9-15(20)3/h7-13,16,19H,6H2,1-5H3,(H,22,25)/t16-,19+/m0/s1. The first-order valence-electron chi connectivity index (χ1n) is 9.57. The second kappa shape index (κ2) is 9.25. The van der Waals surface area contributed by atoms with E-state index in [1.807, 2.05) is 38.1 Å². The number of sulfonamides is 1. The Bertz CT molecular complexity index is 1040. The summed E-state index contributed by atoms with van der Waals surface area (Å²) in [5.74, 6) is -0.487. The fraction of sp³-hybridized carbons (Fsp3) is 0.381. The van der Waals surface area contributed by atoms with Crippen molar-refractivity contribution >= 4 is 27.3 Å². The number of amides is 1. The summed E-state index contributed by atoms with van der Waals surface area (Å²) in [4.78, 5) is 23.6. The fourth-order valence-corrected chi connectivity index (χ4v) is 4.47. The largest absolute Gasteiger partial charge is 0.347 e.